The van der Waals surface area contributed by atoms with E-state index in [1.54, 1.807) is 6.07 Å². The zero-order valence-corrected chi connectivity index (χ0v) is 10.7. The highest BCUT2D eigenvalue weighted by atomic mass is 16.6. The summed E-state index contributed by atoms with van der Waals surface area (Å²) in [6, 6.07) is 4.34. The molecule has 19 heavy (non-hydrogen) atoms. The zero-order chi connectivity index (χ0) is 14.0. The van der Waals surface area contributed by atoms with E-state index >= 15 is 0 Å². The minimum Gasteiger partial charge on any atom is -0.477 e. The first-order chi connectivity index (χ1) is 8.93. The second-order valence-corrected chi connectivity index (χ2v) is 5.29. The van der Waals surface area contributed by atoms with Gasteiger partial charge in [0.2, 0.25) is 0 Å². The van der Waals surface area contributed by atoms with Crippen molar-refractivity contribution in [1.82, 2.24) is 5.32 Å². The highest BCUT2D eigenvalue weighted by Gasteiger charge is 2.36. The van der Waals surface area contributed by atoms with E-state index in [4.69, 9.17) is 5.11 Å². The van der Waals surface area contributed by atoms with Crippen molar-refractivity contribution >= 4 is 11.7 Å². The lowest BCUT2D eigenvalue weighted by Crippen LogP contribution is -2.23. The molecule has 0 bridgehead atoms. The Bertz CT molecular complexity index is 523. The molecule has 1 saturated carbocycles. The summed E-state index contributed by atoms with van der Waals surface area (Å²) >= 11 is 0. The van der Waals surface area contributed by atoms with Gasteiger partial charge in [0.25, 0.3) is 5.69 Å². The second-order valence-electron chi connectivity index (χ2n) is 5.29. The molecule has 0 aromatic heterocycles. The summed E-state index contributed by atoms with van der Waals surface area (Å²) in [7, 11) is 0. The average molecular weight is 264 g/mol. The summed E-state index contributed by atoms with van der Waals surface area (Å²) < 4.78 is 0. The maximum atomic E-state index is 11.2. The molecule has 0 spiro atoms. The minimum absolute atomic E-state index is 0.221. The lowest BCUT2D eigenvalue weighted by atomic mass is 10.0. The van der Waals surface area contributed by atoms with Gasteiger partial charge in [-0.15, -0.1) is 0 Å². The number of carbonyl (C=O) groups is 1. The summed E-state index contributed by atoms with van der Waals surface area (Å²) in [6.45, 7) is 3.29. The van der Waals surface area contributed by atoms with Gasteiger partial charge in [-0.3, -0.25) is 10.1 Å². The molecule has 0 saturated heterocycles. The van der Waals surface area contributed by atoms with E-state index in [9.17, 15) is 14.9 Å². The molecule has 0 amide bonds. The number of rotatable bonds is 6. The van der Waals surface area contributed by atoms with Crippen LogP contribution in [0.4, 0.5) is 5.69 Å². The van der Waals surface area contributed by atoms with Crippen LogP contribution in [0, 0.1) is 15.5 Å². The Morgan fingerprint density at radius 1 is 1.53 bits per heavy atom. The number of hydrogen-bond acceptors (Lipinski definition) is 4. The standard InChI is InChI=1S/C13H16N2O4/c1-13(5-6-13)8-14-7-9-3-2-4-10(15(18)19)11(9)12(16)17/h2-4,14H,5-8H2,1H3,(H,16,17). The first-order valence-electron chi connectivity index (χ1n) is 6.13. The number of nitro groups is 1. The van der Waals surface area contributed by atoms with Crippen LogP contribution in [-0.4, -0.2) is 22.5 Å². The van der Waals surface area contributed by atoms with Gasteiger partial charge >= 0.3 is 5.97 Å². The van der Waals surface area contributed by atoms with Gasteiger partial charge in [-0.2, -0.15) is 0 Å². The van der Waals surface area contributed by atoms with Gasteiger partial charge in [-0.1, -0.05) is 19.1 Å². The van der Waals surface area contributed by atoms with Gasteiger partial charge in [-0.25, -0.2) is 4.79 Å². The molecule has 0 unspecified atom stereocenters. The quantitative estimate of drug-likeness (QED) is 0.607. The Hall–Kier alpha value is -1.95. The third-order valence-electron chi connectivity index (χ3n) is 3.51. The van der Waals surface area contributed by atoms with Gasteiger partial charge in [0.15, 0.2) is 0 Å². The van der Waals surface area contributed by atoms with Crippen LogP contribution in [0.2, 0.25) is 0 Å². The molecule has 6 heteroatoms. The van der Waals surface area contributed by atoms with Crippen LogP contribution >= 0.6 is 0 Å². The summed E-state index contributed by atoms with van der Waals surface area (Å²) in [6.07, 6.45) is 2.33. The van der Waals surface area contributed by atoms with E-state index in [1.165, 1.54) is 25.0 Å². The second kappa shape index (κ2) is 4.97. The van der Waals surface area contributed by atoms with Crippen molar-refractivity contribution < 1.29 is 14.8 Å². The van der Waals surface area contributed by atoms with E-state index in [-0.39, 0.29) is 11.3 Å². The van der Waals surface area contributed by atoms with Crippen LogP contribution in [0.3, 0.4) is 0 Å². The Kier molecular flexibility index (Phi) is 3.53. The molecular formula is C13H16N2O4. The largest absolute Gasteiger partial charge is 0.477 e. The summed E-state index contributed by atoms with van der Waals surface area (Å²) in [5, 5.41) is 23.2. The molecule has 1 aliphatic carbocycles. The maximum Gasteiger partial charge on any atom is 0.343 e. The minimum atomic E-state index is -1.26. The van der Waals surface area contributed by atoms with Crippen LogP contribution in [0.5, 0.6) is 0 Å². The lowest BCUT2D eigenvalue weighted by molar-refractivity contribution is -0.385. The van der Waals surface area contributed by atoms with E-state index in [1.807, 2.05) is 0 Å². The van der Waals surface area contributed by atoms with E-state index in [2.05, 4.69) is 12.2 Å². The molecular weight excluding hydrogens is 248 g/mol. The lowest BCUT2D eigenvalue weighted by Gasteiger charge is -2.11. The number of aromatic carboxylic acids is 1. The number of carboxylic acids is 1. The normalized spacial score (nSPS) is 16.1. The van der Waals surface area contributed by atoms with Gasteiger partial charge in [0.05, 0.1) is 4.92 Å². The van der Waals surface area contributed by atoms with E-state index in [0.717, 1.165) is 6.54 Å². The molecule has 0 radical (unpaired) electrons. The van der Waals surface area contributed by atoms with Gasteiger partial charge < -0.3 is 10.4 Å². The van der Waals surface area contributed by atoms with Crippen LogP contribution in [0.1, 0.15) is 35.7 Å². The number of benzene rings is 1. The molecule has 0 atom stereocenters. The number of hydrogen-bond donors (Lipinski definition) is 2. The molecule has 0 aliphatic heterocycles. The fourth-order valence-corrected chi connectivity index (χ4v) is 2.02. The fourth-order valence-electron chi connectivity index (χ4n) is 2.02. The summed E-state index contributed by atoms with van der Waals surface area (Å²) in [5.74, 6) is -1.26. The van der Waals surface area contributed by atoms with Gasteiger partial charge in [-0.05, 0) is 23.8 Å². The van der Waals surface area contributed by atoms with E-state index < -0.39 is 10.9 Å². The predicted molar refractivity (Wildman–Crippen MR) is 69.1 cm³/mol. The molecule has 2 rings (SSSR count). The number of carboxylic acid groups (broad SMARTS) is 1. The van der Waals surface area contributed by atoms with Crippen LogP contribution in [0.15, 0.2) is 18.2 Å². The van der Waals surface area contributed by atoms with Crippen LogP contribution < -0.4 is 5.32 Å². The topological polar surface area (TPSA) is 92.5 Å². The van der Waals surface area contributed by atoms with Crippen molar-refractivity contribution in [2.75, 3.05) is 6.54 Å². The molecule has 2 N–H and O–H groups in total. The van der Waals surface area contributed by atoms with Crippen molar-refractivity contribution in [3.63, 3.8) is 0 Å². The van der Waals surface area contributed by atoms with Crippen molar-refractivity contribution in [2.45, 2.75) is 26.3 Å². The first-order valence-corrected chi connectivity index (χ1v) is 6.13. The van der Waals surface area contributed by atoms with Crippen molar-refractivity contribution in [2.24, 2.45) is 5.41 Å². The molecule has 1 fully saturated rings. The van der Waals surface area contributed by atoms with Crippen molar-refractivity contribution in [3.05, 3.63) is 39.4 Å². The third kappa shape index (κ3) is 3.08. The molecule has 1 aliphatic rings. The zero-order valence-electron chi connectivity index (χ0n) is 10.7. The van der Waals surface area contributed by atoms with Crippen LogP contribution in [-0.2, 0) is 6.54 Å². The molecule has 102 valence electrons. The fraction of sp³-hybridized carbons (Fsp3) is 0.462. The van der Waals surface area contributed by atoms with Gasteiger partial charge in [0, 0.05) is 19.2 Å². The smallest absolute Gasteiger partial charge is 0.343 e. The Balaban J connectivity index is 2.16. The SMILES string of the molecule is CC1(CNCc2cccc([N+](=O)[O-])c2C(=O)O)CC1. The molecule has 6 nitrogen and oxygen atoms in total. The third-order valence-corrected chi connectivity index (χ3v) is 3.51. The molecule has 1 aromatic carbocycles. The Labute approximate surface area is 110 Å². The maximum absolute atomic E-state index is 11.2. The molecule has 0 heterocycles. The summed E-state index contributed by atoms with van der Waals surface area (Å²) in [5.41, 5.74) is 0.181. The number of nitrogens with one attached hydrogen (secondary N) is 1. The van der Waals surface area contributed by atoms with E-state index in [0.29, 0.717) is 17.5 Å². The highest BCUT2D eigenvalue weighted by molar-refractivity contribution is 5.94. The summed E-state index contributed by atoms with van der Waals surface area (Å²) in [4.78, 5) is 21.4. The van der Waals surface area contributed by atoms with Gasteiger partial charge in [0.1, 0.15) is 5.56 Å². The predicted octanol–water partition coefficient (Wildman–Crippen LogP) is 2.18. The highest BCUT2D eigenvalue weighted by Crippen LogP contribution is 2.44. The first kappa shape index (κ1) is 13.5. The number of nitrogens with zero attached hydrogens (tertiary/aromatic N) is 1. The van der Waals surface area contributed by atoms with Crippen molar-refractivity contribution in [1.29, 1.82) is 0 Å². The molecule has 1 aromatic rings. The van der Waals surface area contributed by atoms with Crippen LogP contribution in [0.25, 0.3) is 0 Å². The van der Waals surface area contributed by atoms with Crippen molar-refractivity contribution in [3.8, 4) is 0 Å². The Morgan fingerprint density at radius 2 is 2.21 bits per heavy atom. The average Bonchev–Trinajstić information content (AvgIpc) is 3.06. The monoisotopic (exact) mass is 264 g/mol. The number of nitro benzene ring substituents is 1. The Morgan fingerprint density at radius 3 is 2.74 bits per heavy atom.